The van der Waals surface area contributed by atoms with E-state index in [4.69, 9.17) is 5.73 Å². The number of aliphatic imine (C=N–C) groups is 1. The Morgan fingerprint density at radius 3 is 2.58 bits per heavy atom. The molecule has 0 aliphatic carbocycles. The second-order valence-electron chi connectivity index (χ2n) is 5.16. The molecule has 1 saturated heterocycles. The number of nitrogens with two attached hydrogens (primary N) is 1. The van der Waals surface area contributed by atoms with E-state index in [0.29, 0.717) is 18.1 Å². The van der Waals surface area contributed by atoms with E-state index in [1.165, 1.54) is 31.7 Å². The number of guanidine groups is 1. The van der Waals surface area contributed by atoms with Crippen LogP contribution in [0.4, 0.5) is 4.39 Å². The average Bonchev–Trinajstić information content (AvgIpc) is 2.69. The SMILES string of the molecule is Cc1ccc(CN=C(N)N2CCCCCC2)cc1F. The predicted molar refractivity (Wildman–Crippen MR) is 76.5 cm³/mol. The maximum Gasteiger partial charge on any atom is 0.191 e. The molecule has 2 N–H and O–H groups in total. The van der Waals surface area contributed by atoms with E-state index >= 15 is 0 Å². The first-order valence-corrected chi connectivity index (χ1v) is 6.97. The van der Waals surface area contributed by atoms with E-state index in [2.05, 4.69) is 9.89 Å². The van der Waals surface area contributed by atoms with Crippen LogP contribution >= 0.6 is 0 Å². The molecule has 1 aliphatic heterocycles. The zero-order valence-electron chi connectivity index (χ0n) is 11.5. The van der Waals surface area contributed by atoms with Gasteiger partial charge in [0.25, 0.3) is 0 Å². The molecule has 0 spiro atoms. The van der Waals surface area contributed by atoms with Crippen molar-refractivity contribution in [1.29, 1.82) is 0 Å². The van der Waals surface area contributed by atoms with Crippen LogP contribution in [0.2, 0.25) is 0 Å². The molecule has 1 aromatic rings. The molecule has 0 amide bonds. The van der Waals surface area contributed by atoms with E-state index in [1.807, 2.05) is 6.07 Å². The number of aryl methyl sites for hydroxylation is 1. The lowest BCUT2D eigenvalue weighted by Crippen LogP contribution is -2.38. The van der Waals surface area contributed by atoms with Crippen molar-refractivity contribution in [1.82, 2.24) is 4.90 Å². The van der Waals surface area contributed by atoms with E-state index in [-0.39, 0.29) is 5.82 Å². The highest BCUT2D eigenvalue weighted by molar-refractivity contribution is 5.78. The van der Waals surface area contributed by atoms with Crippen LogP contribution in [0, 0.1) is 12.7 Å². The Labute approximate surface area is 114 Å². The summed E-state index contributed by atoms with van der Waals surface area (Å²) >= 11 is 0. The Hall–Kier alpha value is -1.58. The summed E-state index contributed by atoms with van der Waals surface area (Å²) < 4.78 is 13.4. The lowest BCUT2D eigenvalue weighted by Gasteiger charge is -2.21. The molecule has 1 fully saturated rings. The minimum absolute atomic E-state index is 0.180. The Morgan fingerprint density at radius 1 is 1.26 bits per heavy atom. The molecule has 0 bridgehead atoms. The topological polar surface area (TPSA) is 41.6 Å². The average molecular weight is 263 g/mol. The first-order valence-electron chi connectivity index (χ1n) is 6.97. The van der Waals surface area contributed by atoms with Crippen molar-refractivity contribution < 1.29 is 4.39 Å². The van der Waals surface area contributed by atoms with Gasteiger partial charge in [0.15, 0.2) is 5.96 Å². The Kier molecular flexibility index (Phi) is 4.77. The van der Waals surface area contributed by atoms with Gasteiger partial charge in [-0.1, -0.05) is 25.0 Å². The van der Waals surface area contributed by atoms with Gasteiger partial charge < -0.3 is 10.6 Å². The van der Waals surface area contributed by atoms with Gasteiger partial charge in [-0.15, -0.1) is 0 Å². The number of likely N-dealkylation sites (tertiary alicyclic amines) is 1. The lowest BCUT2D eigenvalue weighted by molar-refractivity contribution is 0.428. The summed E-state index contributed by atoms with van der Waals surface area (Å²) in [6.45, 7) is 4.17. The molecular formula is C15H22FN3. The van der Waals surface area contributed by atoms with E-state index in [0.717, 1.165) is 18.7 Å². The standard InChI is InChI=1S/C15H22FN3/c1-12-6-7-13(10-14(12)16)11-18-15(17)19-8-4-2-3-5-9-19/h6-7,10H,2-5,8-9,11H2,1H3,(H2,17,18). The second kappa shape index (κ2) is 6.55. The third-order valence-corrected chi connectivity index (χ3v) is 3.59. The maximum absolute atomic E-state index is 13.4. The molecule has 104 valence electrons. The number of nitrogens with zero attached hydrogens (tertiary/aromatic N) is 2. The van der Waals surface area contributed by atoms with E-state index in [1.54, 1.807) is 13.0 Å². The molecule has 1 heterocycles. The van der Waals surface area contributed by atoms with Crippen LogP contribution in [0.5, 0.6) is 0 Å². The maximum atomic E-state index is 13.4. The van der Waals surface area contributed by atoms with Gasteiger partial charge in [0.1, 0.15) is 5.82 Å². The van der Waals surface area contributed by atoms with Gasteiger partial charge in [-0.25, -0.2) is 9.38 Å². The largest absolute Gasteiger partial charge is 0.370 e. The molecule has 0 atom stereocenters. The second-order valence-corrected chi connectivity index (χ2v) is 5.16. The molecule has 4 heteroatoms. The van der Waals surface area contributed by atoms with Crippen molar-refractivity contribution in [3.8, 4) is 0 Å². The van der Waals surface area contributed by atoms with Gasteiger partial charge in [-0.3, -0.25) is 0 Å². The highest BCUT2D eigenvalue weighted by Crippen LogP contribution is 2.12. The number of rotatable bonds is 2. The van der Waals surface area contributed by atoms with Crippen molar-refractivity contribution in [2.75, 3.05) is 13.1 Å². The smallest absolute Gasteiger partial charge is 0.191 e. The summed E-state index contributed by atoms with van der Waals surface area (Å²) in [5, 5.41) is 0. The lowest BCUT2D eigenvalue weighted by atomic mass is 10.1. The van der Waals surface area contributed by atoms with Crippen LogP contribution < -0.4 is 5.73 Å². The molecule has 0 unspecified atom stereocenters. The molecule has 0 radical (unpaired) electrons. The number of hydrogen-bond donors (Lipinski definition) is 1. The van der Waals surface area contributed by atoms with Crippen LogP contribution in [0.25, 0.3) is 0 Å². The van der Waals surface area contributed by atoms with Gasteiger partial charge in [-0.05, 0) is 37.0 Å². The molecule has 19 heavy (non-hydrogen) atoms. The fraction of sp³-hybridized carbons (Fsp3) is 0.533. The number of hydrogen-bond acceptors (Lipinski definition) is 1. The van der Waals surface area contributed by atoms with Gasteiger partial charge in [0, 0.05) is 13.1 Å². The van der Waals surface area contributed by atoms with Gasteiger partial charge in [-0.2, -0.15) is 0 Å². The minimum atomic E-state index is -0.180. The van der Waals surface area contributed by atoms with Crippen molar-refractivity contribution in [3.63, 3.8) is 0 Å². The predicted octanol–water partition coefficient (Wildman–Crippen LogP) is 2.82. The highest BCUT2D eigenvalue weighted by Gasteiger charge is 2.10. The first kappa shape index (κ1) is 13.8. The van der Waals surface area contributed by atoms with Crippen LogP contribution in [0.15, 0.2) is 23.2 Å². The van der Waals surface area contributed by atoms with E-state index in [9.17, 15) is 4.39 Å². The van der Waals surface area contributed by atoms with Crippen LogP contribution in [-0.2, 0) is 6.54 Å². The quantitative estimate of drug-likeness (QED) is 0.658. The van der Waals surface area contributed by atoms with Crippen molar-refractivity contribution in [3.05, 3.63) is 35.1 Å². The molecule has 1 aromatic carbocycles. The Bertz CT molecular complexity index is 449. The molecular weight excluding hydrogens is 241 g/mol. The molecule has 2 rings (SSSR count). The summed E-state index contributed by atoms with van der Waals surface area (Å²) in [7, 11) is 0. The Morgan fingerprint density at radius 2 is 1.95 bits per heavy atom. The molecule has 1 aliphatic rings. The van der Waals surface area contributed by atoms with Crippen molar-refractivity contribution >= 4 is 5.96 Å². The number of benzene rings is 1. The minimum Gasteiger partial charge on any atom is -0.370 e. The zero-order chi connectivity index (χ0) is 13.7. The fourth-order valence-electron chi connectivity index (χ4n) is 2.31. The highest BCUT2D eigenvalue weighted by atomic mass is 19.1. The first-order chi connectivity index (χ1) is 9.16. The molecule has 0 aromatic heterocycles. The summed E-state index contributed by atoms with van der Waals surface area (Å²) in [6, 6.07) is 5.22. The third kappa shape index (κ3) is 3.94. The van der Waals surface area contributed by atoms with E-state index < -0.39 is 0 Å². The normalized spacial score (nSPS) is 17.4. The van der Waals surface area contributed by atoms with Crippen LogP contribution in [0.3, 0.4) is 0 Å². The summed E-state index contributed by atoms with van der Waals surface area (Å²) in [5.74, 6) is 0.406. The fourth-order valence-corrected chi connectivity index (χ4v) is 2.31. The van der Waals surface area contributed by atoms with Gasteiger partial charge in [0.05, 0.1) is 6.54 Å². The van der Waals surface area contributed by atoms with Gasteiger partial charge >= 0.3 is 0 Å². The number of halogens is 1. The molecule has 0 saturated carbocycles. The summed E-state index contributed by atoms with van der Waals surface area (Å²) in [6.07, 6.45) is 4.89. The zero-order valence-corrected chi connectivity index (χ0v) is 11.5. The van der Waals surface area contributed by atoms with Gasteiger partial charge in [0.2, 0.25) is 0 Å². The monoisotopic (exact) mass is 263 g/mol. The summed E-state index contributed by atoms with van der Waals surface area (Å²) in [4.78, 5) is 6.52. The van der Waals surface area contributed by atoms with Crippen LogP contribution in [-0.4, -0.2) is 23.9 Å². The third-order valence-electron chi connectivity index (χ3n) is 3.59. The Balaban J connectivity index is 1.98. The van der Waals surface area contributed by atoms with Crippen molar-refractivity contribution in [2.24, 2.45) is 10.7 Å². The molecule has 3 nitrogen and oxygen atoms in total. The summed E-state index contributed by atoms with van der Waals surface area (Å²) in [5.41, 5.74) is 7.54. The van der Waals surface area contributed by atoms with Crippen LogP contribution in [0.1, 0.15) is 36.8 Å². The van der Waals surface area contributed by atoms with Crippen molar-refractivity contribution in [2.45, 2.75) is 39.2 Å².